The van der Waals surface area contributed by atoms with E-state index in [0.717, 1.165) is 6.42 Å². The SMILES string of the molecule is CCC(C)(CCO)NC(=O)C(C)C(C)N. The maximum atomic E-state index is 11.8. The third-order valence-electron chi connectivity index (χ3n) is 3.07. The Bertz CT molecular complexity index is 207. The van der Waals surface area contributed by atoms with Crippen molar-refractivity contribution in [2.45, 2.75) is 52.1 Å². The van der Waals surface area contributed by atoms with Crippen LogP contribution in [0.25, 0.3) is 0 Å². The van der Waals surface area contributed by atoms with Crippen LogP contribution in [0.2, 0.25) is 0 Å². The Morgan fingerprint density at radius 1 is 1.53 bits per heavy atom. The van der Waals surface area contributed by atoms with Crippen LogP contribution >= 0.6 is 0 Å². The lowest BCUT2D eigenvalue weighted by Crippen LogP contribution is -2.50. The lowest BCUT2D eigenvalue weighted by Gasteiger charge is -2.31. The number of carbonyl (C=O) groups is 1. The monoisotopic (exact) mass is 216 g/mol. The summed E-state index contributed by atoms with van der Waals surface area (Å²) in [5.41, 5.74) is 5.34. The van der Waals surface area contributed by atoms with Crippen molar-refractivity contribution < 1.29 is 9.90 Å². The highest BCUT2D eigenvalue weighted by atomic mass is 16.3. The quantitative estimate of drug-likeness (QED) is 0.610. The van der Waals surface area contributed by atoms with Crippen molar-refractivity contribution in [3.05, 3.63) is 0 Å². The molecule has 0 bridgehead atoms. The van der Waals surface area contributed by atoms with Crippen molar-refractivity contribution in [1.82, 2.24) is 5.32 Å². The van der Waals surface area contributed by atoms with Crippen molar-refractivity contribution in [3.8, 4) is 0 Å². The Morgan fingerprint density at radius 2 is 2.07 bits per heavy atom. The minimum atomic E-state index is -0.324. The summed E-state index contributed by atoms with van der Waals surface area (Å²) in [6, 6.07) is -0.153. The molecule has 0 fully saturated rings. The number of aliphatic hydroxyl groups excluding tert-OH is 1. The molecule has 3 atom stereocenters. The van der Waals surface area contributed by atoms with Gasteiger partial charge in [-0.3, -0.25) is 4.79 Å². The highest BCUT2D eigenvalue weighted by molar-refractivity contribution is 5.79. The predicted octanol–water partition coefficient (Wildman–Crippen LogP) is 0.637. The van der Waals surface area contributed by atoms with Gasteiger partial charge in [-0.2, -0.15) is 0 Å². The number of rotatable bonds is 6. The lowest BCUT2D eigenvalue weighted by molar-refractivity contribution is -0.127. The topological polar surface area (TPSA) is 75.3 Å². The summed E-state index contributed by atoms with van der Waals surface area (Å²) in [6.45, 7) is 7.65. The molecule has 0 aliphatic rings. The summed E-state index contributed by atoms with van der Waals surface area (Å²) in [7, 11) is 0. The van der Waals surface area contributed by atoms with Gasteiger partial charge >= 0.3 is 0 Å². The van der Waals surface area contributed by atoms with Crippen molar-refractivity contribution in [2.75, 3.05) is 6.61 Å². The number of nitrogens with two attached hydrogens (primary N) is 1. The molecule has 0 aromatic carbocycles. The predicted molar refractivity (Wildman–Crippen MR) is 61.4 cm³/mol. The van der Waals surface area contributed by atoms with Crippen molar-refractivity contribution in [2.24, 2.45) is 11.7 Å². The first-order valence-corrected chi connectivity index (χ1v) is 5.54. The fraction of sp³-hybridized carbons (Fsp3) is 0.909. The molecule has 4 heteroatoms. The molecule has 90 valence electrons. The highest BCUT2D eigenvalue weighted by Gasteiger charge is 2.27. The van der Waals surface area contributed by atoms with Crippen molar-refractivity contribution in [1.29, 1.82) is 0 Å². The van der Waals surface area contributed by atoms with E-state index in [1.807, 2.05) is 27.7 Å². The average Bonchev–Trinajstić information content (AvgIpc) is 2.16. The fourth-order valence-corrected chi connectivity index (χ4v) is 1.22. The zero-order valence-electron chi connectivity index (χ0n) is 10.2. The molecule has 0 radical (unpaired) electrons. The highest BCUT2D eigenvalue weighted by Crippen LogP contribution is 2.15. The minimum Gasteiger partial charge on any atom is -0.396 e. The van der Waals surface area contributed by atoms with Gasteiger partial charge in [-0.15, -0.1) is 0 Å². The van der Waals surface area contributed by atoms with Crippen LogP contribution in [0.5, 0.6) is 0 Å². The zero-order valence-corrected chi connectivity index (χ0v) is 10.2. The molecule has 4 N–H and O–H groups in total. The molecule has 0 aliphatic carbocycles. The number of aliphatic hydroxyl groups is 1. The third kappa shape index (κ3) is 4.62. The molecule has 0 rings (SSSR count). The van der Waals surface area contributed by atoms with Crippen LogP contribution in [0.3, 0.4) is 0 Å². The Morgan fingerprint density at radius 3 is 2.40 bits per heavy atom. The van der Waals surface area contributed by atoms with E-state index in [1.165, 1.54) is 0 Å². The molecule has 1 amide bonds. The van der Waals surface area contributed by atoms with Crippen LogP contribution in [0.4, 0.5) is 0 Å². The van der Waals surface area contributed by atoms with Crippen molar-refractivity contribution in [3.63, 3.8) is 0 Å². The van der Waals surface area contributed by atoms with Crippen LogP contribution in [0.15, 0.2) is 0 Å². The Kier molecular flexibility index (Phi) is 5.83. The lowest BCUT2D eigenvalue weighted by atomic mass is 9.93. The van der Waals surface area contributed by atoms with Crippen LogP contribution in [0, 0.1) is 5.92 Å². The smallest absolute Gasteiger partial charge is 0.224 e. The van der Waals surface area contributed by atoms with Crippen LogP contribution < -0.4 is 11.1 Å². The van der Waals surface area contributed by atoms with Gasteiger partial charge in [0.15, 0.2) is 0 Å². The van der Waals surface area contributed by atoms with Gasteiger partial charge in [0, 0.05) is 24.1 Å². The standard InChI is InChI=1S/C11H24N2O2/c1-5-11(4,6-7-14)13-10(15)8(2)9(3)12/h8-9,14H,5-7,12H2,1-4H3,(H,13,15). The number of hydrogen-bond donors (Lipinski definition) is 3. The number of hydrogen-bond acceptors (Lipinski definition) is 3. The normalized spacial score (nSPS) is 19.1. The molecule has 0 aromatic heterocycles. The third-order valence-corrected chi connectivity index (χ3v) is 3.07. The average molecular weight is 216 g/mol. The Hall–Kier alpha value is -0.610. The maximum absolute atomic E-state index is 11.8. The molecular weight excluding hydrogens is 192 g/mol. The van der Waals surface area contributed by atoms with E-state index in [2.05, 4.69) is 5.32 Å². The molecule has 0 saturated carbocycles. The van der Waals surface area contributed by atoms with Crippen LogP contribution in [0.1, 0.15) is 40.5 Å². The molecule has 0 aromatic rings. The summed E-state index contributed by atoms with van der Waals surface area (Å²) in [5.74, 6) is -0.239. The fourth-order valence-electron chi connectivity index (χ4n) is 1.22. The second-order valence-corrected chi connectivity index (χ2v) is 4.52. The summed E-state index contributed by atoms with van der Waals surface area (Å²) < 4.78 is 0. The van der Waals surface area contributed by atoms with Crippen LogP contribution in [-0.4, -0.2) is 29.2 Å². The van der Waals surface area contributed by atoms with Gasteiger partial charge in [0.1, 0.15) is 0 Å². The first-order chi connectivity index (χ1) is 6.86. The Balaban J connectivity index is 4.36. The summed E-state index contributed by atoms with van der Waals surface area (Å²) in [4.78, 5) is 11.8. The first-order valence-electron chi connectivity index (χ1n) is 5.54. The molecule has 0 aliphatic heterocycles. The van der Waals surface area contributed by atoms with E-state index < -0.39 is 0 Å². The van der Waals surface area contributed by atoms with Gasteiger partial charge in [0.2, 0.25) is 5.91 Å². The summed E-state index contributed by atoms with van der Waals surface area (Å²) >= 11 is 0. The minimum absolute atomic E-state index is 0.0391. The van der Waals surface area contributed by atoms with Gasteiger partial charge < -0.3 is 16.2 Å². The molecule has 15 heavy (non-hydrogen) atoms. The molecular formula is C11H24N2O2. The van der Waals surface area contributed by atoms with Gasteiger partial charge in [0.05, 0.1) is 0 Å². The van der Waals surface area contributed by atoms with E-state index >= 15 is 0 Å². The number of nitrogens with one attached hydrogen (secondary N) is 1. The van der Waals surface area contributed by atoms with E-state index in [4.69, 9.17) is 10.8 Å². The molecule has 0 saturated heterocycles. The van der Waals surface area contributed by atoms with E-state index in [-0.39, 0.29) is 30.0 Å². The van der Waals surface area contributed by atoms with Gasteiger partial charge in [0.25, 0.3) is 0 Å². The van der Waals surface area contributed by atoms with E-state index in [0.29, 0.717) is 6.42 Å². The van der Waals surface area contributed by atoms with Crippen LogP contribution in [-0.2, 0) is 4.79 Å². The second-order valence-electron chi connectivity index (χ2n) is 4.52. The molecule has 3 unspecified atom stereocenters. The first kappa shape index (κ1) is 14.4. The maximum Gasteiger partial charge on any atom is 0.224 e. The largest absolute Gasteiger partial charge is 0.396 e. The van der Waals surface area contributed by atoms with Gasteiger partial charge in [-0.1, -0.05) is 13.8 Å². The van der Waals surface area contributed by atoms with Gasteiger partial charge in [-0.05, 0) is 26.7 Å². The second kappa shape index (κ2) is 6.08. The molecule has 0 spiro atoms. The van der Waals surface area contributed by atoms with Gasteiger partial charge in [-0.25, -0.2) is 0 Å². The van der Waals surface area contributed by atoms with Crippen molar-refractivity contribution >= 4 is 5.91 Å². The van der Waals surface area contributed by atoms with E-state index in [1.54, 1.807) is 0 Å². The zero-order chi connectivity index (χ0) is 12.1. The molecule has 0 heterocycles. The summed E-state index contributed by atoms with van der Waals surface area (Å²) in [5, 5.41) is 11.9. The number of carbonyl (C=O) groups excluding carboxylic acids is 1. The van der Waals surface area contributed by atoms with E-state index in [9.17, 15) is 4.79 Å². The number of amides is 1. The Labute approximate surface area is 92.2 Å². The summed E-state index contributed by atoms with van der Waals surface area (Å²) in [6.07, 6.45) is 1.37. The molecule has 4 nitrogen and oxygen atoms in total.